The molecule has 1 unspecified atom stereocenters. The van der Waals surface area contributed by atoms with Crippen molar-refractivity contribution in [2.75, 3.05) is 13.2 Å². The number of nitrogens with zero attached hydrogens (tertiary/aromatic N) is 1. The maximum Gasteiger partial charge on any atom is 0.335 e. The van der Waals surface area contributed by atoms with E-state index in [2.05, 4.69) is 0 Å². The third-order valence-corrected chi connectivity index (χ3v) is 4.57. The van der Waals surface area contributed by atoms with Crippen LogP contribution in [0.3, 0.4) is 0 Å². The van der Waals surface area contributed by atoms with E-state index in [0.717, 1.165) is 30.6 Å². The molecule has 3 rings (SSSR count). The molecule has 5 heteroatoms. The van der Waals surface area contributed by atoms with E-state index in [1.165, 1.54) is 12.1 Å². The van der Waals surface area contributed by atoms with E-state index in [4.69, 9.17) is 9.84 Å². The summed E-state index contributed by atoms with van der Waals surface area (Å²) in [5.74, 6) is -0.945. The molecule has 136 valence electrons. The van der Waals surface area contributed by atoms with Gasteiger partial charge in [-0.15, -0.1) is 0 Å². The Morgan fingerprint density at radius 2 is 1.77 bits per heavy atom. The van der Waals surface area contributed by atoms with Gasteiger partial charge in [0.15, 0.2) is 0 Å². The smallest absolute Gasteiger partial charge is 0.335 e. The van der Waals surface area contributed by atoms with Gasteiger partial charge in [-0.3, -0.25) is 4.79 Å². The topological polar surface area (TPSA) is 66.8 Å². The number of rotatable bonds is 7. The lowest BCUT2D eigenvalue weighted by molar-refractivity contribution is -0.132. The van der Waals surface area contributed by atoms with Crippen molar-refractivity contribution in [1.82, 2.24) is 4.90 Å². The molecule has 2 aromatic rings. The van der Waals surface area contributed by atoms with Gasteiger partial charge < -0.3 is 14.7 Å². The second-order valence-electron chi connectivity index (χ2n) is 6.57. The van der Waals surface area contributed by atoms with Gasteiger partial charge in [-0.25, -0.2) is 4.79 Å². The van der Waals surface area contributed by atoms with Gasteiger partial charge in [-0.2, -0.15) is 0 Å². The number of ether oxygens (including phenoxy) is 1. The molecule has 0 spiro atoms. The highest BCUT2D eigenvalue weighted by atomic mass is 16.5. The molecular formula is C21H23NO4. The summed E-state index contributed by atoms with van der Waals surface area (Å²) in [5, 5.41) is 8.98. The van der Waals surface area contributed by atoms with Crippen LogP contribution >= 0.6 is 0 Å². The number of carbonyl (C=O) groups is 2. The van der Waals surface area contributed by atoms with Crippen molar-refractivity contribution in [1.29, 1.82) is 0 Å². The van der Waals surface area contributed by atoms with Crippen molar-refractivity contribution in [3.63, 3.8) is 0 Å². The molecule has 0 radical (unpaired) electrons. The number of carboxylic acid groups (broad SMARTS) is 1. The quantitative estimate of drug-likeness (QED) is 0.830. The van der Waals surface area contributed by atoms with Crippen LogP contribution in [0.2, 0.25) is 0 Å². The van der Waals surface area contributed by atoms with Crippen molar-refractivity contribution >= 4 is 11.9 Å². The van der Waals surface area contributed by atoms with Crippen LogP contribution in [0.25, 0.3) is 0 Å². The molecule has 0 aromatic heterocycles. The minimum absolute atomic E-state index is 0.0208. The van der Waals surface area contributed by atoms with Gasteiger partial charge in [0.05, 0.1) is 18.1 Å². The van der Waals surface area contributed by atoms with Gasteiger partial charge in [0.1, 0.15) is 0 Å². The van der Waals surface area contributed by atoms with Gasteiger partial charge in [0, 0.05) is 19.7 Å². The molecule has 1 saturated heterocycles. The third-order valence-electron chi connectivity index (χ3n) is 4.57. The molecule has 0 bridgehead atoms. The normalized spacial score (nSPS) is 16.4. The number of aromatic carboxylic acids is 1. The van der Waals surface area contributed by atoms with Crippen LogP contribution in [0.15, 0.2) is 54.6 Å². The summed E-state index contributed by atoms with van der Waals surface area (Å²) in [6.45, 7) is 1.89. The first-order valence-electron chi connectivity index (χ1n) is 8.87. The Balaban J connectivity index is 1.69. The summed E-state index contributed by atoms with van der Waals surface area (Å²) < 4.78 is 5.70. The molecule has 26 heavy (non-hydrogen) atoms. The monoisotopic (exact) mass is 353 g/mol. The van der Waals surface area contributed by atoms with E-state index in [1.54, 1.807) is 12.1 Å². The molecule has 0 aliphatic carbocycles. The van der Waals surface area contributed by atoms with Crippen LogP contribution in [0.5, 0.6) is 0 Å². The highest BCUT2D eigenvalue weighted by Gasteiger charge is 2.23. The summed E-state index contributed by atoms with van der Waals surface area (Å²) in [6, 6.07) is 16.4. The number of amides is 1. The van der Waals surface area contributed by atoms with Crippen LogP contribution in [0, 0.1) is 0 Å². The summed E-state index contributed by atoms with van der Waals surface area (Å²) >= 11 is 0. The Morgan fingerprint density at radius 1 is 1.04 bits per heavy atom. The zero-order valence-corrected chi connectivity index (χ0v) is 14.6. The zero-order valence-electron chi connectivity index (χ0n) is 14.6. The number of benzene rings is 2. The molecule has 5 nitrogen and oxygen atoms in total. The highest BCUT2D eigenvalue weighted by Crippen LogP contribution is 2.16. The van der Waals surface area contributed by atoms with Crippen molar-refractivity contribution in [3.05, 3.63) is 71.3 Å². The Bertz CT molecular complexity index is 736. The van der Waals surface area contributed by atoms with E-state index in [-0.39, 0.29) is 24.0 Å². The molecule has 1 aliphatic heterocycles. The van der Waals surface area contributed by atoms with Gasteiger partial charge in [0.25, 0.3) is 0 Å². The van der Waals surface area contributed by atoms with Crippen LogP contribution in [0.4, 0.5) is 0 Å². The maximum absolute atomic E-state index is 12.9. The lowest BCUT2D eigenvalue weighted by Crippen LogP contribution is -2.37. The number of carboxylic acids is 1. The van der Waals surface area contributed by atoms with Crippen molar-refractivity contribution in [2.24, 2.45) is 0 Å². The first kappa shape index (κ1) is 18.1. The highest BCUT2D eigenvalue weighted by molar-refractivity contribution is 5.87. The van der Waals surface area contributed by atoms with Crippen LogP contribution < -0.4 is 0 Å². The Labute approximate surface area is 153 Å². The average Bonchev–Trinajstić information content (AvgIpc) is 3.15. The van der Waals surface area contributed by atoms with Crippen molar-refractivity contribution in [2.45, 2.75) is 31.9 Å². The predicted molar refractivity (Wildman–Crippen MR) is 97.9 cm³/mol. The van der Waals surface area contributed by atoms with Crippen LogP contribution in [-0.2, 0) is 22.5 Å². The molecular weight excluding hydrogens is 330 g/mol. The fourth-order valence-electron chi connectivity index (χ4n) is 3.14. The summed E-state index contributed by atoms with van der Waals surface area (Å²) in [7, 11) is 0. The minimum atomic E-state index is -0.966. The summed E-state index contributed by atoms with van der Waals surface area (Å²) in [4.78, 5) is 25.7. The molecule has 1 atom stereocenters. The SMILES string of the molecule is O=C(O)c1ccc(CC(=O)N(Cc2ccccc2)CC2CCCO2)cc1. The van der Waals surface area contributed by atoms with E-state index in [0.29, 0.717) is 13.1 Å². The van der Waals surface area contributed by atoms with E-state index in [1.807, 2.05) is 35.2 Å². The largest absolute Gasteiger partial charge is 0.478 e. The first-order chi connectivity index (χ1) is 12.6. The molecule has 1 aliphatic rings. The number of carbonyl (C=O) groups excluding carboxylic acids is 1. The molecule has 1 amide bonds. The molecule has 1 fully saturated rings. The molecule has 1 N–H and O–H groups in total. The zero-order chi connectivity index (χ0) is 18.4. The van der Waals surface area contributed by atoms with E-state index < -0.39 is 5.97 Å². The standard InChI is InChI=1S/C21H23NO4/c23-20(13-16-8-10-18(11-9-16)21(24)25)22(15-19-7-4-12-26-19)14-17-5-2-1-3-6-17/h1-3,5-6,8-11,19H,4,7,12-15H2,(H,24,25). The number of hydrogen-bond acceptors (Lipinski definition) is 3. The molecule has 0 saturated carbocycles. The third kappa shape index (κ3) is 4.92. The second kappa shape index (κ2) is 8.63. The summed E-state index contributed by atoms with van der Waals surface area (Å²) in [5.41, 5.74) is 2.12. The lowest BCUT2D eigenvalue weighted by Gasteiger charge is -2.26. The van der Waals surface area contributed by atoms with Gasteiger partial charge in [-0.05, 0) is 36.1 Å². The Kier molecular flexibility index (Phi) is 6.02. The second-order valence-corrected chi connectivity index (χ2v) is 6.57. The fraction of sp³-hybridized carbons (Fsp3) is 0.333. The Morgan fingerprint density at radius 3 is 2.38 bits per heavy atom. The maximum atomic E-state index is 12.9. The summed E-state index contributed by atoms with van der Waals surface area (Å²) in [6.07, 6.45) is 2.36. The minimum Gasteiger partial charge on any atom is -0.478 e. The first-order valence-corrected chi connectivity index (χ1v) is 8.87. The fourth-order valence-corrected chi connectivity index (χ4v) is 3.14. The lowest BCUT2D eigenvalue weighted by atomic mass is 10.1. The molecule has 1 heterocycles. The van der Waals surface area contributed by atoms with Gasteiger partial charge >= 0.3 is 5.97 Å². The van der Waals surface area contributed by atoms with E-state index >= 15 is 0 Å². The van der Waals surface area contributed by atoms with Crippen LogP contribution in [0.1, 0.15) is 34.3 Å². The van der Waals surface area contributed by atoms with Gasteiger partial charge in [-0.1, -0.05) is 42.5 Å². The predicted octanol–water partition coefficient (Wildman–Crippen LogP) is 3.14. The number of hydrogen-bond donors (Lipinski definition) is 1. The van der Waals surface area contributed by atoms with Gasteiger partial charge in [0.2, 0.25) is 5.91 Å². The molecule has 2 aromatic carbocycles. The van der Waals surface area contributed by atoms with Crippen LogP contribution in [-0.4, -0.2) is 41.1 Å². The van der Waals surface area contributed by atoms with Crippen molar-refractivity contribution in [3.8, 4) is 0 Å². The average molecular weight is 353 g/mol. The Hall–Kier alpha value is -2.66. The van der Waals surface area contributed by atoms with Crippen molar-refractivity contribution < 1.29 is 19.4 Å². The van der Waals surface area contributed by atoms with E-state index in [9.17, 15) is 9.59 Å².